The Labute approximate surface area is 177 Å². The van der Waals surface area contributed by atoms with Crippen molar-refractivity contribution in [3.63, 3.8) is 0 Å². The third-order valence-electron chi connectivity index (χ3n) is 5.05. The fourth-order valence-electron chi connectivity index (χ4n) is 3.41. The number of anilines is 1. The number of piperazine rings is 1. The van der Waals surface area contributed by atoms with Crippen molar-refractivity contribution in [2.24, 2.45) is 0 Å². The number of carbonyl (C=O) groups excluding carboxylic acids is 1. The Hall–Kier alpha value is -2.98. The van der Waals surface area contributed by atoms with E-state index < -0.39 is 0 Å². The van der Waals surface area contributed by atoms with Crippen molar-refractivity contribution in [3.8, 4) is 0 Å². The number of carbonyl (C=O) groups is 1. The number of H-pyrrole nitrogens is 1. The van der Waals surface area contributed by atoms with Gasteiger partial charge >= 0.3 is 0 Å². The Kier molecular flexibility index (Phi) is 6.24. The van der Waals surface area contributed by atoms with Gasteiger partial charge in [0.05, 0.1) is 54.5 Å². The van der Waals surface area contributed by atoms with Crippen LogP contribution in [0.25, 0.3) is 10.9 Å². The van der Waals surface area contributed by atoms with Crippen LogP contribution in [0.5, 0.6) is 0 Å². The Balaban J connectivity index is 1.17. The zero-order valence-corrected chi connectivity index (χ0v) is 17.1. The lowest BCUT2D eigenvalue weighted by atomic mass is 10.2. The molecule has 1 saturated heterocycles. The van der Waals surface area contributed by atoms with Crippen LogP contribution in [0.1, 0.15) is 6.42 Å². The van der Waals surface area contributed by atoms with Crippen molar-refractivity contribution >= 4 is 34.2 Å². The van der Waals surface area contributed by atoms with Gasteiger partial charge in [0.1, 0.15) is 5.82 Å². The van der Waals surface area contributed by atoms with E-state index in [0.717, 1.165) is 18.9 Å². The number of pyridine rings is 1. The van der Waals surface area contributed by atoms with Crippen LogP contribution in [-0.4, -0.2) is 75.2 Å². The largest absolute Gasteiger partial charge is 0.379 e. The fraction of sp³-hybridized carbons (Fsp3) is 0.421. The van der Waals surface area contributed by atoms with Crippen molar-refractivity contribution in [1.82, 2.24) is 29.9 Å². The zero-order valence-electron chi connectivity index (χ0n) is 16.3. The summed E-state index contributed by atoms with van der Waals surface area (Å²) in [6.45, 7) is 4.01. The number of hydrogen-bond acceptors (Lipinski definition) is 7. The maximum Gasteiger partial charge on any atom is 0.275 e. The second-order valence-electron chi connectivity index (χ2n) is 6.93. The second kappa shape index (κ2) is 9.23. The molecule has 0 atom stereocenters. The molecule has 158 valence electrons. The number of aromatic amines is 1. The highest BCUT2D eigenvalue weighted by molar-refractivity contribution is 6.30. The second-order valence-corrected chi connectivity index (χ2v) is 7.37. The third-order valence-corrected chi connectivity index (χ3v) is 5.28. The zero-order chi connectivity index (χ0) is 20.9. The molecular formula is C19H22ClN7O3. The van der Waals surface area contributed by atoms with E-state index in [-0.39, 0.29) is 11.5 Å². The van der Waals surface area contributed by atoms with Crippen LogP contribution in [0.4, 0.5) is 5.82 Å². The standard InChI is InChI=1S/C19H22ClN7O3/c20-14-1-2-17(21-11-14)25-4-6-26(7-5-25)18(28)3-9-30-10-8-27-16-13-22-24-19(29)15(16)12-23-27/h1-2,11-13H,3-10H2,(H,24,29). The average Bonchev–Trinajstić information content (AvgIpc) is 3.18. The SMILES string of the molecule is O=C(CCOCCn1ncc2c(=O)[nH]ncc21)N1CCN(c2ccc(Cl)cn2)CC1. The van der Waals surface area contributed by atoms with Gasteiger partial charge in [0.25, 0.3) is 5.56 Å². The Morgan fingerprint density at radius 1 is 1.13 bits per heavy atom. The molecule has 0 aliphatic carbocycles. The molecule has 30 heavy (non-hydrogen) atoms. The van der Waals surface area contributed by atoms with Gasteiger partial charge in [-0.25, -0.2) is 10.1 Å². The number of hydrogen-bond donors (Lipinski definition) is 1. The topological polar surface area (TPSA) is 109 Å². The number of ether oxygens (including phenoxy) is 1. The van der Waals surface area contributed by atoms with E-state index in [1.165, 1.54) is 6.20 Å². The molecule has 0 unspecified atom stereocenters. The number of fused-ring (bicyclic) bond motifs is 1. The molecule has 4 rings (SSSR count). The van der Waals surface area contributed by atoms with Gasteiger partial charge in [-0.2, -0.15) is 10.2 Å². The van der Waals surface area contributed by atoms with E-state index in [0.29, 0.717) is 55.2 Å². The van der Waals surface area contributed by atoms with Crippen molar-refractivity contribution in [1.29, 1.82) is 0 Å². The lowest BCUT2D eigenvalue weighted by Crippen LogP contribution is -2.49. The normalized spacial score (nSPS) is 14.4. The number of aromatic nitrogens is 5. The van der Waals surface area contributed by atoms with Gasteiger partial charge in [-0.15, -0.1) is 0 Å². The lowest BCUT2D eigenvalue weighted by Gasteiger charge is -2.35. The minimum atomic E-state index is -0.266. The minimum Gasteiger partial charge on any atom is -0.379 e. The Morgan fingerprint density at radius 3 is 2.73 bits per heavy atom. The van der Waals surface area contributed by atoms with E-state index in [1.807, 2.05) is 17.0 Å². The summed E-state index contributed by atoms with van der Waals surface area (Å²) in [5, 5.41) is 11.5. The summed E-state index contributed by atoms with van der Waals surface area (Å²) in [6.07, 6.45) is 5.04. The van der Waals surface area contributed by atoms with E-state index in [1.54, 1.807) is 17.1 Å². The molecule has 11 heteroatoms. The van der Waals surface area contributed by atoms with Gasteiger partial charge in [-0.1, -0.05) is 11.6 Å². The molecule has 1 aliphatic rings. The highest BCUT2D eigenvalue weighted by atomic mass is 35.5. The van der Waals surface area contributed by atoms with Crippen LogP contribution in [0, 0.1) is 0 Å². The average molecular weight is 432 g/mol. The molecule has 1 aliphatic heterocycles. The molecule has 4 heterocycles. The molecule has 0 radical (unpaired) electrons. The van der Waals surface area contributed by atoms with Gasteiger partial charge in [0, 0.05) is 32.4 Å². The first-order valence-electron chi connectivity index (χ1n) is 9.73. The quantitative estimate of drug-likeness (QED) is 0.554. The summed E-state index contributed by atoms with van der Waals surface area (Å²) in [5.74, 6) is 0.956. The van der Waals surface area contributed by atoms with E-state index >= 15 is 0 Å². The highest BCUT2D eigenvalue weighted by Gasteiger charge is 2.21. The van der Waals surface area contributed by atoms with Crippen LogP contribution < -0.4 is 10.5 Å². The first-order chi connectivity index (χ1) is 14.6. The number of nitrogens with zero attached hydrogens (tertiary/aromatic N) is 6. The molecule has 0 bridgehead atoms. The molecular weight excluding hydrogens is 410 g/mol. The number of nitrogens with one attached hydrogen (secondary N) is 1. The van der Waals surface area contributed by atoms with Gasteiger partial charge < -0.3 is 14.5 Å². The molecule has 0 aromatic carbocycles. The molecule has 10 nitrogen and oxygen atoms in total. The van der Waals surface area contributed by atoms with Crippen molar-refractivity contribution < 1.29 is 9.53 Å². The lowest BCUT2D eigenvalue weighted by molar-refractivity contribution is -0.132. The van der Waals surface area contributed by atoms with Crippen LogP contribution >= 0.6 is 11.6 Å². The van der Waals surface area contributed by atoms with Gasteiger partial charge in [0.2, 0.25) is 5.91 Å². The summed E-state index contributed by atoms with van der Waals surface area (Å²) in [7, 11) is 0. The van der Waals surface area contributed by atoms with Crippen LogP contribution in [0.2, 0.25) is 5.02 Å². The highest BCUT2D eigenvalue weighted by Crippen LogP contribution is 2.16. The summed E-state index contributed by atoms with van der Waals surface area (Å²) < 4.78 is 7.27. The first-order valence-corrected chi connectivity index (χ1v) is 10.1. The molecule has 1 N–H and O–H groups in total. The maximum absolute atomic E-state index is 12.4. The fourth-order valence-corrected chi connectivity index (χ4v) is 3.52. The number of halogens is 1. The van der Waals surface area contributed by atoms with Gasteiger partial charge in [-0.05, 0) is 12.1 Å². The number of amides is 1. The van der Waals surface area contributed by atoms with Crippen molar-refractivity contribution in [2.45, 2.75) is 13.0 Å². The van der Waals surface area contributed by atoms with Crippen LogP contribution in [-0.2, 0) is 16.1 Å². The number of rotatable bonds is 7. The molecule has 1 fully saturated rings. The van der Waals surface area contributed by atoms with Gasteiger partial charge in [0.15, 0.2) is 0 Å². The Bertz CT molecular complexity index is 1060. The van der Waals surface area contributed by atoms with Crippen molar-refractivity contribution in [2.75, 3.05) is 44.3 Å². The van der Waals surface area contributed by atoms with Crippen molar-refractivity contribution in [3.05, 3.63) is 46.1 Å². The maximum atomic E-state index is 12.4. The van der Waals surface area contributed by atoms with Crippen LogP contribution in [0.15, 0.2) is 35.5 Å². The predicted molar refractivity (Wildman–Crippen MR) is 112 cm³/mol. The minimum absolute atomic E-state index is 0.0824. The molecule has 3 aromatic rings. The van der Waals surface area contributed by atoms with E-state index in [9.17, 15) is 9.59 Å². The Morgan fingerprint density at radius 2 is 1.97 bits per heavy atom. The molecule has 1 amide bonds. The van der Waals surface area contributed by atoms with E-state index in [2.05, 4.69) is 25.2 Å². The summed E-state index contributed by atoms with van der Waals surface area (Å²) in [6, 6.07) is 3.71. The van der Waals surface area contributed by atoms with E-state index in [4.69, 9.17) is 16.3 Å². The van der Waals surface area contributed by atoms with Crippen LogP contribution in [0.3, 0.4) is 0 Å². The smallest absolute Gasteiger partial charge is 0.275 e. The summed E-state index contributed by atoms with van der Waals surface area (Å²) >= 11 is 5.88. The third kappa shape index (κ3) is 4.60. The molecule has 0 saturated carbocycles. The molecule has 3 aromatic heterocycles. The molecule has 0 spiro atoms. The monoisotopic (exact) mass is 431 g/mol. The summed E-state index contributed by atoms with van der Waals surface area (Å²) in [5.41, 5.74) is 0.392. The first kappa shape index (κ1) is 20.3. The predicted octanol–water partition coefficient (Wildman–Crippen LogP) is 0.924. The van der Waals surface area contributed by atoms with Gasteiger partial charge in [-0.3, -0.25) is 14.3 Å². The summed E-state index contributed by atoms with van der Waals surface area (Å²) in [4.78, 5) is 32.4.